The molecule has 4 aromatic carbocycles. The van der Waals surface area contributed by atoms with Crippen LogP contribution in [0.2, 0.25) is 0 Å². The van der Waals surface area contributed by atoms with Gasteiger partial charge in [0, 0.05) is 37.6 Å². The molecule has 8 nitrogen and oxygen atoms in total. The first kappa shape index (κ1) is 42.8. The van der Waals surface area contributed by atoms with Crippen molar-refractivity contribution in [1.82, 2.24) is 9.80 Å². The molecule has 2 aliphatic heterocycles. The molecule has 4 atom stereocenters. The number of amides is 2. The number of thioether (sulfide) groups is 2. The Bertz CT molecular complexity index is 1990. The molecule has 0 bridgehead atoms. The van der Waals surface area contributed by atoms with Crippen molar-refractivity contribution in [3.63, 3.8) is 0 Å². The third kappa shape index (κ3) is 11.7. The molecule has 0 aliphatic carbocycles. The van der Waals surface area contributed by atoms with Gasteiger partial charge in [-0.05, 0) is 107 Å². The number of anilines is 2. The standard InChI is InChI=1S/C44H50N4O4S5/c1-29-21-30(2)24-47(23-29)43(53)55-27-41(49)45-37-13-5-33(6-14-37)35-9-17-39(18-10-35)57(51,52)40-19-11-36(12-20-40)34-7-15-38(16-8-34)46-42(50)28-56-44(54)48-25-31(3)22-32(4)26-48/h5-20,29-32H,21-28H2,1-4H3,(H,45,49)(H,46,50)/t29-,30-,31-,32+/m1/s1. The summed E-state index contributed by atoms with van der Waals surface area (Å²) in [5.74, 6) is 2.65. The van der Waals surface area contributed by atoms with Crippen LogP contribution in [-0.2, 0) is 19.4 Å². The van der Waals surface area contributed by atoms with Crippen LogP contribution in [0.4, 0.5) is 11.4 Å². The van der Waals surface area contributed by atoms with Crippen molar-refractivity contribution in [3.05, 3.63) is 97.1 Å². The van der Waals surface area contributed by atoms with Gasteiger partial charge >= 0.3 is 0 Å². The minimum absolute atomic E-state index is 0.113. The molecule has 2 aliphatic rings. The zero-order valence-electron chi connectivity index (χ0n) is 32.8. The van der Waals surface area contributed by atoms with Crippen molar-refractivity contribution in [2.45, 2.75) is 50.3 Å². The van der Waals surface area contributed by atoms with Crippen LogP contribution in [0.15, 0.2) is 107 Å². The highest BCUT2D eigenvalue weighted by atomic mass is 32.2. The average Bonchev–Trinajstić information content (AvgIpc) is 3.19. The van der Waals surface area contributed by atoms with Crippen molar-refractivity contribution in [1.29, 1.82) is 0 Å². The smallest absolute Gasteiger partial charge is 0.234 e. The zero-order valence-corrected chi connectivity index (χ0v) is 36.9. The van der Waals surface area contributed by atoms with Crippen LogP contribution in [0.25, 0.3) is 22.3 Å². The molecule has 4 aromatic rings. The summed E-state index contributed by atoms with van der Waals surface area (Å²) in [5, 5.41) is 5.89. The van der Waals surface area contributed by atoms with E-state index in [4.69, 9.17) is 24.4 Å². The third-order valence-corrected chi connectivity index (χ3v) is 15.1. The van der Waals surface area contributed by atoms with E-state index in [9.17, 15) is 18.0 Å². The number of carbonyl (C=O) groups is 2. The lowest BCUT2D eigenvalue weighted by atomic mass is 9.92. The van der Waals surface area contributed by atoms with Crippen molar-refractivity contribution in [2.24, 2.45) is 23.7 Å². The summed E-state index contributed by atoms with van der Waals surface area (Å²) in [7, 11) is -3.75. The Morgan fingerprint density at radius 3 is 1.12 bits per heavy atom. The lowest BCUT2D eigenvalue weighted by Crippen LogP contribution is -2.41. The van der Waals surface area contributed by atoms with E-state index in [1.165, 1.54) is 36.4 Å². The largest absolute Gasteiger partial charge is 0.357 e. The van der Waals surface area contributed by atoms with Crippen LogP contribution in [-0.4, -0.2) is 76.4 Å². The fourth-order valence-electron chi connectivity index (χ4n) is 7.74. The summed E-state index contributed by atoms with van der Waals surface area (Å²) < 4.78 is 28.6. The molecule has 0 saturated carbocycles. The molecule has 57 heavy (non-hydrogen) atoms. The van der Waals surface area contributed by atoms with E-state index in [-0.39, 0.29) is 33.1 Å². The first-order valence-corrected chi connectivity index (χ1v) is 23.6. The second kappa shape index (κ2) is 19.3. The number of benzene rings is 4. The first-order valence-electron chi connectivity index (χ1n) is 19.3. The first-order chi connectivity index (χ1) is 27.2. The zero-order chi connectivity index (χ0) is 40.7. The van der Waals surface area contributed by atoms with E-state index >= 15 is 0 Å². The van der Waals surface area contributed by atoms with E-state index < -0.39 is 9.84 Å². The maximum absolute atomic E-state index is 13.5. The highest BCUT2D eigenvalue weighted by Crippen LogP contribution is 2.30. The number of sulfone groups is 1. The van der Waals surface area contributed by atoms with Crippen molar-refractivity contribution in [3.8, 4) is 22.3 Å². The molecule has 2 N–H and O–H groups in total. The third-order valence-electron chi connectivity index (χ3n) is 10.2. The van der Waals surface area contributed by atoms with Crippen molar-refractivity contribution in [2.75, 3.05) is 48.3 Å². The maximum Gasteiger partial charge on any atom is 0.234 e. The molecular weight excluding hydrogens is 809 g/mol. The fourth-order valence-corrected chi connectivity index (χ4v) is 11.0. The van der Waals surface area contributed by atoms with Crippen molar-refractivity contribution >= 4 is 89.6 Å². The summed E-state index contributed by atoms with van der Waals surface area (Å²) >= 11 is 14.0. The highest BCUT2D eigenvalue weighted by Gasteiger charge is 2.25. The van der Waals surface area contributed by atoms with Gasteiger partial charge in [0.1, 0.15) is 8.64 Å². The minimum Gasteiger partial charge on any atom is -0.357 e. The molecular formula is C44H50N4O4S5. The van der Waals surface area contributed by atoms with Gasteiger partial charge in [-0.2, -0.15) is 0 Å². The van der Waals surface area contributed by atoms with Crippen LogP contribution in [0.1, 0.15) is 40.5 Å². The second-order valence-corrected chi connectivity index (χ2v) is 20.8. The van der Waals surface area contributed by atoms with Crippen LogP contribution in [0.3, 0.4) is 0 Å². The highest BCUT2D eigenvalue weighted by molar-refractivity contribution is 8.23. The summed E-state index contributed by atoms with van der Waals surface area (Å²) in [6, 6.07) is 28.6. The number of likely N-dealkylation sites (tertiary alicyclic amines) is 2. The Labute approximate surface area is 356 Å². The van der Waals surface area contributed by atoms with Gasteiger partial charge in [0.2, 0.25) is 21.7 Å². The van der Waals surface area contributed by atoms with E-state index in [0.29, 0.717) is 35.0 Å². The van der Waals surface area contributed by atoms with Crippen LogP contribution in [0.5, 0.6) is 0 Å². The van der Waals surface area contributed by atoms with Gasteiger partial charge < -0.3 is 20.4 Å². The normalized spacial score (nSPS) is 19.8. The second-order valence-electron chi connectivity index (χ2n) is 15.6. The topological polar surface area (TPSA) is 98.8 Å². The number of nitrogens with one attached hydrogen (secondary N) is 2. The lowest BCUT2D eigenvalue weighted by Gasteiger charge is -2.36. The number of hydrogen-bond donors (Lipinski definition) is 2. The Morgan fingerprint density at radius 2 is 0.825 bits per heavy atom. The summed E-state index contributed by atoms with van der Waals surface area (Å²) in [6.07, 6.45) is 2.41. The lowest BCUT2D eigenvalue weighted by molar-refractivity contribution is -0.114. The van der Waals surface area contributed by atoms with Gasteiger partial charge in [0.25, 0.3) is 0 Å². The van der Waals surface area contributed by atoms with Gasteiger partial charge in [0.05, 0.1) is 21.3 Å². The van der Waals surface area contributed by atoms with E-state index in [2.05, 4.69) is 48.1 Å². The molecule has 2 amide bonds. The van der Waals surface area contributed by atoms with Gasteiger partial charge in [-0.1, -0.05) is 124 Å². The average molecular weight is 859 g/mol. The molecule has 0 spiro atoms. The van der Waals surface area contributed by atoms with Gasteiger partial charge in [-0.3, -0.25) is 9.59 Å². The Kier molecular flexibility index (Phi) is 14.5. The maximum atomic E-state index is 13.5. The van der Waals surface area contributed by atoms with E-state index in [0.717, 1.165) is 57.1 Å². The predicted molar refractivity (Wildman–Crippen MR) is 246 cm³/mol. The monoisotopic (exact) mass is 858 g/mol. The number of rotatable bonds is 10. The summed E-state index contributed by atoms with van der Waals surface area (Å²) in [4.78, 5) is 30.2. The molecule has 300 valence electrons. The predicted octanol–water partition coefficient (Wildman–Crippen LogP) is 9.72. The number of nitrogens with zero attached hydrogens (tertiary/aromatic N) is 2. The number of piperidine rings is 2. The van der Waals surface area contributed by atoms with E-state index in [1.807, 2.05) is 48.5 Å². The van der Waals surface area contributed by atoms with E-state index in [1.54, 1.807) is 48.5 Å². The molecule has 13 heteroatoms. The molecule has 2 heterocycles. The van der Waals surface area contributed by atoms with Gasteiger partial charge in [-0.15, -0.1) is 0 Å². The minimum atomic E-state index is -3.75. The number of carbonyl (C=O) groups excluding carboxylic acids is 2. The summed E-state index contributed by atoms with van der Waals surface area (Å²) in [5.41, 5.74) is 4.88. The number of thiocarbonyl (C=S) groups is 2. The van der Waals surface area contributed by atoms with Crippen molar-refractivity contribution < 1.29 is 18.0 Å². The van der Waals surface area contributed by atoms with Crippen LogP contribution >= 0.6 is 48.0 Å². The molecule has 6 rings (SSSR count). The van der Waals surface area contributed by atoms with Crippen LogP contribution in [0, 0.1) is 23.7 Å². The van der Waals surface area contributed by atoms with Gasteiger partial charge in [-0.25, -0.2) is 8.42 Å². The molecule has 0 radical (unpaired) electrons. The molecule has 2 saturated heterocycles. The van der Waals surface area contributed by atoms with Crippen LogP contribution < -0.4 is 10.6 Å². The van der Waals surface area contributed by atoms with Gasteiger partial charge in [0.15, 0.2) is 0 Å². The molecule has 0 unspecified atom stereocenters. The SMILES string of the molecule is C[C@@H]1C[C@@H](C)CN(C(=S)SCC(=O)Nc2ccc(-c3ccc(S(=O)(=O)c4ccc(-c5ccc(NC(=O)CSC(=S)N6C[C@H](C)C[C@H](C)C6)cc5)cc4)cc3)cc2)C1. The Hall–Kier alpha value is -3.75. The number of hydrogen-bond acceptors (Lipinski definition) is 8. The Balaban J connectivity index is 0.979. The Morgan fingerprint density at radius 1 is 0.544 bits per heavy atom. The molecule has 0 aromatic heterocycles. The quantitative estimate of drug-likeness (QED) is 0.150. The fraction of sp³-hybridized carbons (Fsp3) is 0.364. The molecule has 2 fully saturated rings. The summed E-state index contributed by atoms with van der Waals surface area (Å²) in [6.45, 7) is 12.7.